The monoisotopic (exact) mass is 269 g/mol. The molecule has 0 radical (unpaired) electrons. The highest BCUT2D eigenvalue weighted by molar-refractivity contribution is 9.10. The van der Waals surface area contributed by atoms with Crippen molar-refractivity contribution in [3.05, 3.63) is 45.8 Å². The fourth-order valence-corrected chi connectivity index (χ4v) is 1.74. The zero-order chi connectivity index (χ0) is 11.0. The van der Waals surface area contributed by atoms with Crippen LogP contribution in [0.15, 0.2) is 40.2 Å². The highest BCUT2D eigenvalue weighted by atomic mass is 79.9. The van der Waals surface area contributed by atoms with Crippen LogP contribution in [0.5, 0.6) is 0 Å². The van der Waals surface area contributed by atoms with Gasteiger partial charge < -0.3 is 4.74 Å². The number of allylic oxidation sites excluding steroid dienone is 2. The number of nitrogens with zero attached hydrogens (tertiary/aromatic N) is 1. The van der Waals surface area contributed by atoms with Crippen molar-refractivity contribution in [1.29, 1.82) is 0 Å². The van der Waals surface area contributed by atoms with Gasteiger partial charge in [0.05, 0.1) is 5.70 Å². The molecule has 1 unspecified atom stereocenters. The molecule has 1 aliphatic heterocycles. The van der Waals surface area contributed by atoms with Gasteiger partial charge in [-0.05, 0) is 26.0 Å². The molecule has 1 aliphatic rings. The maximum absolute atomic E-state index is 9.79. The fourth-order valence-electron chi connectivity index (χ4n) is 1.48. The molecule has 1 aromatic carbocycles. The van der Waals surface area contributed by atoms with E-state index < -0.39 is 6.23 Å². The Morgan fingerprint density at radius 3 is 2.33 bits per heavy atom. The molecule has 0 amide bonds. The van der Waals surface area contributed by atoms with Crippen molar-refractivity contribution >= 4 is 15.9 Å². The molecular weight excluding hydrogens is 258 g/mol. The maximum Gasteiger partial charge on any atom is 0.220 e. The van der Waals surface area contributed by atoms with Crippen molar-refractivity contribution < 1.29 is 9.94 Å². The first-order valence-electron chi connectivity index (χ1n) is 4.67. The molecule has 0 saturated carbocycles. The maximum atomic E-state index is 9.79. The molecule has 1 heterocycles. The van der Waals surface area contributed by atoms with Gasteiger partial charge in [0, 0.05) is 10.0 Å². The second-order valence-corrected chi connectivity index (χ2v) is 4.42. The summed E-state index contributed by atoms with van der Waals surface area (Å²) < 4.78 is 6.56. The summed E-state index contributed by atoms with van der Waals surface area (Å²) in [5, 5.41) is 10.9. The van der Waals surface area contributed by atoms with E-state index in [0.29, 0.717) is 0 Å². The lowest BCUT2D eigenvalue weighted by atomic mass is 10.2. The van der Waals surface area contributed by atoms with E-state index in [1.807, 2.05) is 38.1 Å². The van der Waals surface area contributed by atoms with Crippen LogP contribution in [0.25, 0.3) is 0 Å². The van der Waals surface area contributed by atoms with Crippen LogP contribution in [-0.2, 0) is 4.74 Å². The fraction of sp³-hybridized carbons (Fsp3) is 0.273. The second-order valence-electron chi connectivity index (χ2n) is 3.51. The molecule has 0 aliphatic carbocycles. The topological polar surface area (TPSA) is 32.7 Å². The zero-order valence-corrected chi connectivity index (χ0v) is 10.2. The molecule has 1 atom stereocenters. The first-order valence-corrected chi connectivity index (χ1v) is 5.46. The summed E-state index contributed by atoms with van der Waals surface area (Å²) in [5.41, 5.74) is 1.68. The minimum absolute atomic E-state index is 0.418. The third-order valence-corrected chi connectivity index (χ3v) is 3.05. The summed E-state index contributed by atoms with van der Waals surface area (Å²) in [6.07, 6.45) is -0.418. The minimum atomic E-state index is -0.418. The van der Waals surface area contributed by atoms with Gasteiger partial charge in [0.2, 0.25) is 6.23 Å². The molecule has 4 heteroatoms. The van der Waals surface area contributed by atoms with Crippen molar-refractivity contribution in [2.45, 2.75) is 20.1 Å². The van der Waals surface area contributed by atoms with Crippen molar-refractivity contribution in [3.63, 3.8) is 0 Å². The lowest BCUT2D eigenvalue weighted by Crippen LogP contribution is -2.19. The lowest BCUT2D eigenvalue weighted by molar-refractivity contribution is -0.151. The predicted octanol–water partition coefficient (Wildman–Crippen LogP) is 3.42. The largest absolute Gasteiger partial charge is 0.467 e. The summed E-state index contributed by atoms with van der Waals surface area (Å²) in [4.78, 5) is 0. The van der Waals surface area contributed by atoms with E-state index in [1.165, 1.54) is 0 Å². The van der Waals surface area contributed by atoms with E-state index in [0.717, 1.165) is 26.6 Å². The second kappa shape index (κ2) is 3.87. The van der Waals surface area contributed by atoms with Gasteiger partial charge in [-0.15, -0.1) is 0 Å². The number of hydrogen-bond acceptors (Lipinski definition) is 3. The molecule has 80 valence electrons. The molecule has 0 spiro atoms. The Bertz CT molecular complexity index is 400. The van der Waals surface area contributed by atoms with Crippen LogP contribution in [-0.4, -0.2) is 10.3 Å². The molecule has 1 N–H and O–H groups in total. The lowest BCUT2D eigenvalue weighted by Gasteiger charge is -2.19. The van der Waals surface area contributed by atoms with Crippen LogP contribution in [0.3, 0.4) is 0 Å². The van der Waals surface area contributed by atoms with Gasteiger partial charge in [0.1, 0.15) is 5.76 Å². The predicted molar refractivity (Wildman–Crippen MR) is 60.0 cm³/mol. The third kappa shape index (κ3) is 1.87. The van der Waals surface area contributed by atoms with Gasteiger partial charge in [-0.1, -0.05) is 28.1 Å². The Kier molecular flexibility index (Phi) is 2.71. The van der Waals surface area contributed by atoms with Crippen LogP contribution >= 0.6 is 15.9 Å². The number of hydrogen-bond donors (Lipinski definition) is 1. The smallest absolute Gasteiger partial charge is 0.220 e. The molecule has 15 heavy (non-hydrogen) atoms. The van der Waals surface area contributed by atoms with E-state index in [9.17, 15) is 5.21 Å². The molecule has 0 bridgehead atoms. The van der Waals surface area contributed by atoms with Gasteiger partial charge in [-0.3, -0.25) is 5.21 Å². The summed E-state index contributed by atoms with van der Waals surface area (Å²) >= 11 is 3.37. The summed E-state index contributed by atoms with van der Waals surface area (Å²) in [6, 6.07) is 7.69. The Hall–Kier alpha value is -1.00. The summed E-state index contributed by atoms with van der Waals surface area (Å²) in [7, 11) is 0. The van der Waals surface area contributed by atoms with Crippen molar-refractivity contribution in [3.8, 4) is 0 Å². The van der Waals surface area contributed by atoms with Gasteiger partial charge in [0.15, 0.2) is 0 Å². The number of rotatable bonds is 1. The van der Waals surface area contributed by atoms with Gasteiger partial charge in [0.25, 0.3) is 0 Å². The Labute approximate surface area is 97.0 Å². The van der Waals surface area contributed by atoms with E-state index in [-0.39, 0.29) is 0 Å². The van der Waals surface area contributed by atoms with Crippen LogP contribution in [0.1, 0.15) is 25.6 Å². The number of halogens is 1. The van der Waals surface area contributed by atoms with Gasteiger partial charge in [-0.2, -0.15) is 0 Å². The number of ether oxygens (including phenoxy) is 1. The van der Waals surface area contributed by atoms with Crippen LogP contribution in [0.4, 0.5) is 0 Å². The van der Waals surface area contributed by atoms with E-state index in [2.05, 4.69) is 15.9 Å². The first-order chi connectivity index (χ1) is 7.09. The van der Waals surface area contributed by atoms with Crippen molar-refractivity contribution in [2.24, 2.45) is 0 Å². The molecule has 2 rings (SSSR count). The van der Waals surface area contributed by atoms with E-state index in [1.54, 1.807) is 0 Å². The quantitative estimate of drug-likeness (QED) is 0.848. The van der Waals surface area contributed by atoms with Crippen molar-refractivity contribution in [1.82, 2.24) is 5.06 Å². The number of benzene rings is 1. The summed E-state index contributed by atoms with van der Waals surface area (Å²) in [5.74, 6) is 0.755. The van der Waals surface area contributed by atoms with Crippen LogP contribution in [0.2, 0.25) is 0 Å². The number of hydroxylamine groups is 2. The Morgan fingerprint density at radius 1 is 1.27 bits per heavy atom. The molecule has 3 nitrogen and oxygen atoms in total. The van der Waals surface area contributed by atoms with Crippen LogP contribution < -0.4 is 0 Å². The standard InChI is InChI=1S/C11H12BrNO2/c1-7-8(2)15-11(13(7)14)9-3-5-10(12)6-4-9/h3-6,11,14H,1-2H3. The minimum Gasteiger partial charge on any atom is -0.467 e. The van der Waals surface area contributed by atoms with Gasteiger partial charge >= 0.3 is 0 Å². The first kappa shape index (κ1) is 10.5. The molecule has 1 aromatic rings. The Balaban J connectivity index is 2.25. The highest BCUT2D eigenvalue weighted by Gasteiger charge is 2.29. The SMILES string of the molecule is CC1=C(C)N(O)C(c2ccc(Br)cc2)O1. The van der Waals surface area contributed by atoms with E-state index in [4.69, 9.17) is 4.74 Å². The van der Waals surface area contributed by atoms with Crippen molar-refractivity contribution in [2.75, 3.05) is 0 Å². The average Bonchev–Trinajstić information content (AvgIpc) is 2.47. The van der Waals surface area contributed by atoms with Crippen LogP contribution in [0, 0.1) is 0 Å². The van der Waals surface area contributed by atoms with Gasteiger partial charge in [-0.25, -0.2) is 5.06 Å². The normalized spacial score (nSPS) is 20.8. The van der Waals surface area contributed by atoms with E-state index >= 15 is 0 Å². The third-order valence-electron chi connectivity index (χ3n) is 2.52. The Morgan fingerprint density at radius 2 is 1.87 bits per heavy atom. The average molecular weight is 270 g/mol. The highest BCUT2D eigenvalue weighted by Crippen LogP contribution is 2.34. The molecule has 0 saturated heterocycles. The molecule has 0 fully saturated rings. The summed E-state index contributed by atoms with van der Waals surface area (Å²) in [6.45, 7) is 3.67. The molecule has 0 aromatic heterocycles. The molecular formula is C11H12BrNO2. The zero-order valence-electron chi connectivity index (χ0n) is 8.57.